The van der Waals surface area contributed by atoms with Crippen LogP contribution >= 0.6 is 0 Å². The van der Waals surface area contributed by atoms with Gasteiger partial charge in [0, 0.05) is 13.2 Å². The van der Waals surface area contributed by atoms with E-state index in [0.29, 0.717) is 12.0 Å². The van der Waals surface area contributed by atoms with Gasteiger partial charge in [0.2, 0.25) is 0 Å². The van der Waals surface area contributed by atoms with Crippen molar-refractivity contribution in [3.8, 4) is 0 Å². The minimum Gasteiger partial charge on any atom is -0.383 e. The molecule has 0 fully saturated rings. The Balaban J connectivity index is 3.31. The largest absolute Gasteiger partial charge is 0.383 e. The Hall–Kier alpha value is -0.0800. The van der Waals surface area contributed by atoms with E-state index in [-0.39, 0.29) is 6.04 Å². The number of hydrogen-bond donors (Lipinski definition) is 1. The molecule has 74 valence electrons. The van der Waals surface area contributed by atoms with Gasteiger partial charge in [-0.05, 0) is 18.3 Å². The number of ether oxygens (including phenoxy) is 1. The Morgan fingerprint density at radius 2 is 1.92 bits per heavy atom. The first-order valence-corrected chi connectivity index (χ1v) is 4.70. The maximum absolute atomic E-state index is 5.79. The first-order chi connectivity index (χ1) is 5.45. The van der Waals surface area contributed by atoms with Crippen LogP contribution in [-0.2, 0) is 4.74 Å². The van der Waals surface area contributed by atoms with Gasteiger partial charge in [-0.25, -0.2) is 0 Å². The fourth-order valence-corrected chi connectivity index (χ4v) is 1.19. The number of hydrogen-bond acceptors (Lipinski definition) is 2. The van der Waals surface area contributed by atoms with E-state index in [1.54, 1.807) is 7.11 Å². The topological polar surface area (TPSA) is 35.2 Å². The third-order valence-electron chi connectivity index (χ3n) is 1.88. The van der Waals surface area contributed by atoms with Gasteiger partial charge >= 0.3 is 0 Å². The average molecular weight is 173 g/mol. The molecule has 0 spiro atoms. The van der Waals surface area contributed by atoms with Crippen LogP contribution < -0.4 is 5.73 Å². The summed E-state index contributed by atoms with van der Waals surface area (Å²) in [6.45, 7) is 7.46. The standard InChI is InChI=1S/C10H23NO/c1-10(2,3)7-5-6-9(11)8-12-4/h9H,5-8,11H2,1-4H3. The van der Waals surface area contributed by atoms with Gasteiger partial charge in [0.15, 0.2) is 0 Å². The predicted octanol–water partition coefficient (Wildman–Crippen LogP) is 2.18. The molecule has 0 radical (unpaired) electrons. The van der Waals surface area contributed by atoms with Crippen LogP contribution in [0, 0.1) is 5.41 Å². The highest BCUT2D eigenvalue weighted by atomic mass is 16.5. The molecule has 0 aromatic rings. The van der Waals surface area contributed by atoms with Crippen molar-refractivity contribution in [2.24, 2.45) is 11.1 Å². The molecule has 0 bridgehead atoms. The van der Waals surface area contributed by atoms with Crippen molar-refractivity contribution >= 4 is 0 Å². The summed E-state index contributed by atoms with van der Waals surface area (Å²) >= 11 is 0. The Kier molecular flexibility index (Phi) is 5.51. The van der Waals surface area contributed by atoms with Crippen LogP contribution in [0.25, 0.3) is 0 Å². The zero-order valence-corrected chi connectivity index (χ0v) is 8.89. The summed E-state index contributed by atoms with van der Waals surface area (Å²) in [6.07, 6.45) is 3.52. The van der Waals surface area contributed by atoms with E-state index < -0.39 is 0 Å². The lowest BCUT2D eigenvalue weighted by Gasteiger charge is -2.19. The maximum Gasteiger partial charge on any atom is 0.0613 e. The van der Waals surface area contributed by atoms with E-state index in [4.69, 9.17) is 10.5 Å². The summed E-state index contributed by atoms with van der Waals surface area (Å²) in [7, 11) is 1.70. The first kappa shape index (κ1) is 11.9. The highest BCUT2D eigenvalue weighted by Gasteiger charge is 2.10. The summed E-state index contributed by atoms with van der Waals surface area (Å²) in [5, 5.41) is 0. The quantitative estimate of drug-likeness (QED) is 0.691. The number of methoxy groups -OCH3 is 1. The lowest BCUT2D eigenvalue weighted by Crippen LogP contribution is -2.25. The van der Waals surface area contributed by atoms with Crippen LogP contribution in [0.3, 0.4) is 0 Å². The molecular weight excluding hydrogens is 150 g/mol. The summed E-state index contributed by atoms with van der Waals surface area (Å²) < 4.78 is 4.96. The molecule has 0 saturated carbocycles. The van der Waals surface area contributed by atoms with Crippen LogP contribution in [0.5, 0.6) is 0 Å². The Morgan fingerprint density at radius 3 is 2.33 bits per heavy atom. The summed E-state index contributed by atoms with van der Waals surface area (Å²) in [6, 6.07) is 0.220. The van der Waals surface area contributed by atoms with E-state index in [9.17, 15) is 0 Å². The molecule has 0 saturated heterocycles. The summed E-state index contributed by atoms with van der Waals surface area (Å²) in [5.41, 5.74) is 6.23. The minimum atomic E-state index is 0.220. The van der Waals surface area contributed by atoms with Crippen molar-refractivity contribution in [3.63, 3.8) is 0 Å². The second-order valence-electron chi connectivity index (χ2n) is 4.67. The summed E-state index contributed by atoms with van der Waals surface area (Å²) in [4.78, 5) is 0. The lowest BCUT2D eigenvalue weighted by molar-refractivity contribution is 0.174. The van der Waals surface area contributed by atoms with Gasteiger partial charge in [-0.15, -0.1) is 0 Å². The molecule has 0 rings (SSSR count). The molecule has 0 aliphatic carbocycles. The van der Waals surface area contributed by atoms with Crippen molar-refractivity contribution in [2.45, 2.75) is 46.1 Å². The monoisotopic (exact) mass is 173 g/mol. The molecule has 2 nitrogen and oxygen atoms in total. The van der Waals surface area contributed by atoms with Gasteiger partial charge in [0.05, 0.1) is 6.61 Å². The van der Waals surface area contributed by atoms with Gasteiger partial charge in [-0.3, -0.25) is 0 Å². The van der Waals surface area contributed by atoms with Gasteiger partial charge in [-0.2, -0.15) is 0 Å². The van der Waals surface area contributed by atoms with Gasteiger partial charge in [0.25, 0.3) is 0 Å². The fourth-order valence-electron chi connectivity index (χ4n) is 1.19. The first-order valence-electron chi connectivity index (χ1n) is 4.70. The van der Waals surface area contributed by atoms with E-state index in [2.05, 4.69) is 20.8 Å². The van der Waals surface area contributed by atoms with Crippen LogP contribution in [-0.4, -0.2) is 19.8 Å². The number of rotatable bonds is 5. The van der Waals surface area contributed by atoms with E-state index in [0.717, 1.165) is 6.42 Å². The Morgan fingerprint density at radius 1 is 1.33 bits per heavy atom. The zero-order valence-electron chi connectivity index (χ0n) is 8.89. The van der Waals surface area contributed by atoms with E-state index >= 15 is 0 Å². The predicted molar refractivity (Wildman–Crippen MR) is 53.2 cm³/mol. The van der Waals surface area contributed by atoms with E-state index in [1.807, 2.05) is 0 Å². The fraction of sp³-hybridized carbons (Fsp3) is 1.00. The smallest absolute Gasteiger partial charge is 0.0613 e. The molecule has 12 heavy (non-hydrogen) atoms. The van der Waals surface area contributed by atoms with Crippen LogP contribution in [0.1, 0.15) is 40.0 Å². The molecule has 2 heteroatoms. The number of nitrogens with two attached hydrogens (primary N) is 1. The third kappa shape index (κ3) is 8.02. The van der Waals surface area contributed by atoms with Crippen LogP contribution in [0.2, 0.25) is 0 Å². The van der Waals surface area contributed by atoms with Crippen molar-refractivity contribution in [1.82, 2.24) is 0 Å². The average Bonchev–Trinajstić information content (AvgIpc) is 1.84. The second-order valence-corrected chi connectivity index (χ2v) is 4.67. The zero-order chi connectivity index (χ0) is 9.61. The van der Waals surface area contributed by atoms with Crippen molar-refractivity contribution in [1.29, 1.82) is 0 Å². The van der Waals surface area contributed by atoms with Gasteiger partial charge < -0.3 is 10.5 Å². The Bertz CT molecular complexity index is 107. The maximum atomic E-state index is 5.79. The second kappa shape index (κ2) is 5.55. The molecule has 1 unspecified atom stereocenters. The van der Waals surface area contributed by atoms with Crippen molar-refractivity contribution in [3.05, 3.63) is 0 Å². The van der Waals surface area contributed by atoms with Crippen LogP contribution in [0.4, 0.5) is 0 Å². The molecule has 0 aromatic carbocycles. The minimum absolute atomic E-state index is 0.220. The normalized spacial score (nSPS) is 14.8. The molecule has 0 amide bonds. The molecular formula is C10H23NO. The molecule has 0 aromatic heterocycles. The van der Waals surface area contributed by atoms with Gasteiger partial charge in [-0.1, -0.05) is 27.2 Å². The summed E-state index contributed by atoms with van der Waals surface area (Å²) in [5.74, 6) is 0. The molecule has 2 N–H and O–H groups in total. The molecule has 0 heterocycles. The molecule has 0 aliphatic rings. The van der Waals surface area contributed by atoms with Gasteiger partial charge in [0.1, 0.15) is 0 Å². The Labute approximate surface area is 76.5 Å². The van der Waals surface area contributed by atoms with Crippen LogP contribution in [0.15, 0.2) is 0 Å². The van der Waals surface area contributed by atoms with Crippen molar-refractivity contribution < 1.29 is 4.74 Å². The highest BCUT2D eigenvalue weighted by Crippen LogP contribution is 2.21. The lowest BCUT2D eigenvalue weighted by atomic mass is 9.89. The van der Waals surface area contributed by atoms with Crippen molar-refractivity contribution in [2.75, 3.05) is 13.7 Å². The van der Waals surface area contributed by atoms with E-state index in [1.165, 1.54) is 12.8 Å². The third-order valence-corrected chi connectivity index (χ3v) is 1.88. The SMILES string of the molecule is COCC(N)CCCC(C)(C)C. The molecule has 1 atom stereocenters. The highest BCUT2D eigenvalue weighted by molar-refractivity contribution is 4.65. The molecule has 0 aliphatic heterocycles.